The zero-order valence-electron chi connectivity index (χ0n) is 12.9. The Morgan fingerprint density at radius 2 is 1.92 bits per heavy atom. The van der Waals surface area contributed by atoms with Crippen LogP contribution in [0.3, 0.4) is 0 Å². The van der Waals surface area contributed by atoms with E-state index < -0.39 is 11.8 Å². The predicted molar refractivity (Wildman–Crippen MR) is 90.4 cm³/mol. The van der Waals surface area contributed by atoms with Crippen LogP contribution >= 0.6 is 0 Å². The zero-order valence-corrected chi connectivity index (χ0v) is 12.9. The molecule has 0 unspecified atom stereocenters. The molecule has 1 aromatic carbocycles. The Hall–Kier alpha value is -3.12. The Bertz CT molecular complexity index is 719. The molecule has 6 nitrogen and oxygen atoms in total. The van der Waals surface area contributed by atoms with Crippen molar-refractivity contribution in [3.63, 3.8) is 0 Å². The summed E-state index contributed by atoms with van der Waals surface area (Å²) in [5, 5.41) is 13.8. The molecule has 24 heavy (non-hydrogen) atoms. The molecule has 0 radical (unpaired) electrons. The normalized spacial score (nSPS) is 11.5. The van der Waals surface area contributed by atoms with Crippen molar-refractivity contribution in [2.75, 3.05) is 13.2 Å². The van der Waals surface area contributed by atoms with Crippen molar-refractivity contribution in [1.82, 2.24) is 10.6 Å². The van der Waals surface area contributed by atoms with Gasteiger partial charge in [0.05, 0.1) is 12.9 Å². The summed E-state index contributed by atoms with van der Waals surface area (Å²) in [7, 11) is 0. The second-order valence-corrected chi connectivity index (χ2v) is 4.79. The van der Waals surface area contributed by atoms with E-state index in [2.05, 4.69) is 10.6 Å². The third kappa shape index (κ3) is 5.58. The first-order valence-corrected chi connectivity index (χ1v) is 7.37. The van der Waals surface area contributed by atoms with E-state index in [-0.39, 0.29) is 18.8 Å². The molecule has 0 saturated heterocycles. The van der Waals surface area contributed by atoms with Crippen molar-refractivity contribution in [2.45, 2.75) is 0 Å². The average molecular weight is 326 g/mol. The van der Waals surface area contributed by atoms with E-state index in [0.717, 1.165) is 5.56 Å². The Kier molecular flexibility index (Phi) is 6.55. The summed E-state index contributed by atoms with van der Waals surface area (Å²) in [4.78, 5) is 24.1. The molecule has 2 rings (SSSR count). The minimum atomic E-state index is -0.512. The number of aliphatic hydroxyl groups is 1. The molecule has 6 heteroatoms. The van der Waals surface area contributed by atoms with E-state index in [1.54, 1.807) is 18.2 Å². The summed E-state index contributed by atoms with van der Waals surface area (Å²) < 4.78 is 5.15. The van der Waals surface area contributed by atoms with Gasteiger partial charge in [0, 0.05) is 18.7 Å². The SMILES string of the molecule is O=C(/C=C/c1ccccc1)N/C(=C/c1ccco1)C(=O)NCCO. The second kappa shape index (κ2) is 9.12. The van der Waals surface area contributed by atoms with Gasteiger partial charge in [0.1, 0.15) is 11.5 Å². The molecule has 0 aliphatic carbocycles. The topological polar surface area (TPSA) is 91.6 Å². The maximum Gasteiger partial charge on any atom is 0.268 e. The third-order valence-corrected chi connectivity index (χ3v) is 2.96. The summed E-state index contributed by atoms with van der Waals surface area (Å²) in [5.74, 6) is -0.533. The number of carbonyl (C=O) groups excluding carboxylic acids is 2. The van der Waals surface area contributed by atoms with Gasteiger partial charge in [-0.3, -0.25) is 9.59 Å². The molecule has 2 amide bonds. The van der Waals surface area contributed by atoms with Gasteiger partial charge in [-0.05, 0) is 23.8 Å². The number of rotatable bonds is 7. The first kappa shape index (κ1) is 17.2. The molecular formula is C18H18N2O4. The number of hydrogen-bond donors (Lipinski definition) is 3. The van der Waals surface area contributed by atoms with Crippen LogP contribution in [0.2, 0.25) is 0 Å². The fourth-order valence-corrected chi connectivity index (χ4v) is 1.85. The molecule has 0 fully saturated rings. The summed E-state index contributed by atoms with van der Waals surface area (Å²) in [6, 6.07) is 12.7. The van der Waals surface area contributed by atoms with Crippen LogP contribution in [0.25, 0.3) is 12.2 Å². The van der Waals surface area contributed by atoms with Gasteiger partial charge < -0.3 is 20.2 Å². The minimum Gasteiger partial charge on any atom is -0.465 e. The molecule has 1 aromatic heterocycles. The van der Waals surface area contributed by atoms with Crippen LogP contribution in [0.15, 0.2) is 64.9 Å². The van der Waals surface area contributed by atoms with Crippen molar-refractivity contribution in [3.05, 3.63) is 71.8 Å². The van der Waals surface area contributed by atoms with Gasteiger partial charge in [0.2, 0.25) is 5.91 Å². The van der Waals surface area contributed by atoms with Crippen LogP contribution < -0.4 is 10.6 Å². The lowest BCUT2D eigenvalue weighted by Crippen LogP contribution is -2.35. The molecule has 2 aromatic rings. The molecule has 0 bridgehead atoms. The number of furan rings is 1. The Balaban J connectivity index is 2.08. The number of benzene rings is 1. The standard InChI is InChI=1S/C18H18N2O4/c21-11-10-19-18(23)16(13-15-7-4-12-24-15)20-17(22)9-8-14-5-2-1-3-6-14/h1-9,12-13,21H,10-11H2,(H,19,23)(H,20,22)/b9-8+,16-13+. The maximum absolute atomic E-state index is 12.1. The van der Waals surface area contributed by atoms with Crippen molar-refractivity contribution < 1.29 is 19.1 Å². The van der Waals surface area contributed by atoms with Crippen LogP contribution in [0.1, 0.15) is 11.3 Å². The Labute approximate surface area is 139 Å². The molecule has 124 valence electrons. The van der Waals surface area contributed by atoms with E-state index in [1.807, 2.05) is 30.3 Å². The van der Waals surface area contributed by atoms with Crippen molar-refractivity contribution in [2.24, 2.45) is 0 Å². The number of nitrogens with one attached hydrogen (secondary N) is 2. The maximum atomic E-state index is 12.1. The van der Waals surface area contributed by atoms with E-state index in [0.29, 0.717) is 5.76 Å². The lowest BCUT2D eigenvalue weighted by atomic mass is 10.2. The summed E-state index contributed by atoms with van der Waals surface area (Å²) in [5.41, 5.74) is 0.898. The molecular weight excluding hydrogens is 308 g/mol. The highest BCUT2D eigenvalue weighted by Crippen LogP contribution is 2.06. The van der Waals surface area contributed by atoms with Gasteiger partial charge in [-0.25, -0.2) is 0 Å². The highest BCUT2D eigenvalue weighted by molar-refractivity contribution is 6.04. The molecule has 0 aliphatic heterocycles. The summed E-state index contributed by atoms with van der Waals surface area (Å²) in [6.07, 6.45) is 5.86. The van der Waals surface area contributed by atoms with Gasteiger partial charge in [0.25, 0.3) is 5.91 Å². The summed E-state index contributed by atoms with van der Waals surface area (Å²) >= 11 is 0. The van der Waals surface area contributed by atoms with Gasteiger partial charge >= 0.3 is 0 Å². The third-order valence-electron chi connectivity index (χ3n) is 2.96. The van der Waals surface area contributed by atoms with Gasteiger partial charge in [-0.2, -0.15) is 0 Å². The molecule has 0 atom stereocenters. The number of hydrogen-bond acceptors (Lipinski definition) is 4. The smallest absolute Gasteiger partial charge is 0.268 e. The zero-order chi connectivity index (χ0) is 17.2. The fraction of sp³-hybridized carbons (Fsp3) is 0.111. The average Bonchev–Trinajstić information content (AvgIpc) is 3.11. The molecule has 1 heterocycles. The molecule has 0 aliphatic rings. The number of carbonyl (C=O) groups is 2. The van der Waals surface area contributed by atoms with E-state index in [9.17, 15) is 9.59 Å². The Morgan fingerprint density at radius 3 is 2.58 bits per heavy atom. The van der Waals surface area contributed by atoms with Gasteiger partial charge in [0.15, 0.2) is 0 Å². The van der Waals surface area contributed by atoms with E-state index in [1.165, 1.54) is 18.4 Å². The van der Waals surface area contributed by atoms with E-state index >= 15 is 0 Å². The summed E-state index contributed by atoms with van der Waals surface area (Å²) in [6.45, 7) is -0.105. The molecule has 0 saturated carbocycles. The first-order valence-electron chi connectivity index (χ1n) is 7.37. The highest BCUT2D eigenvalue weighted by atomic mass is 16.3. The van der Waals surface area contributed by atoms with Crippen LogP contribution in [-0.4, -0.2) is 30.1 Å². The molecule has 0 spiro atoms. The van der Waals surface area contributed by atoms with Gasteiger partial charge in [-0.15, -0.1) is 0 Å². The van der Waals surface area contributed by atoms with Crippen LogP contribution in [0.4, 0.5) is 0 Å². The van der Waals surface area contributed by atoms with Crippen LogP contribution in [0, 0.1) is 0 Å². The van der Waals surface area contributed by atoms with Crippen molar-refractivity contribution >= 4 is 24.0 Å². The van der Waals surface area contributed by atoms with Crippen molar-refractivity contribution in [3.8, 4) is 0 Å². The lowest BCUT2D eigenvalue weighted by molar-refractivity contribution is -0.121. The monoisotopic (exact) mass is 326 g/mol. The number of aliphatic hydroxyl groups excluding tert-OH is 1. The first-order chi connectivity index (χ1) is 11.7. The molecule has 3 N–H and O–H groups in total. The van der Waals surface area contributed by atoms with Gasteiger partial charge in [-0.1, -0.05) is 30.3 Å². The largest absolute Gasteiger partial charge is 0.465 e. The lowest BCUT2D eigenvalue weighted by Gasteiger charge is -2.08. The quantitative estimate of drug-likeness (QED) is 0.673. The highest BCUT2D eigenvalue weighted by Gasteiger charge is 2.12. The number of amides is 2. The van der Waals surface area contributed by atoms with Crippen LogP contribution in [-0.2, 0) is 9.59 Å². The predicted octanol–water partition coefficient (Wildman–Crippen LogP) is 1.56. The minimum absolute atomic E-state index is 0.0288. The second-order valence-electron chi connectivity index (χ2n) is 4.79. The van der Waals surface area contributed by atoms with Crippen molar-refractivity contribution in [1.29, 1.82) is 0 Å². The Morgan fingerprint density at radius 1 is 1.12 bits per heavy atom. The van der Waals surface area contributed by atoms with Crippen LogP contribution in [0.5, 0.6) is 0 Å². The van der Waals surface area contributed by atoms with E-state index in [4.69, 9.17) is 9.52 Å². The fourth-order valence-electron chi connectivity index (χ4n) is 1.85.